The van der Waals surface area contributed by atoms with Crippen LogP contribution in [0, 0.1) is 12.7 Å². The Balaban J connectivity index is 0.000000543. The van der Waals surface area contributed by atoms with Gasteiger partial charge in [-0.05, 0) is 74.6 Å². The molecule has 2 aromatic carbocycles. The second kappa shape index (κ2) is 15.4. The lowest BCUT2D eigenvalue weighted by molar-refractivity contribution is -0.130. The predicted octanol–water partition coefficient (Wildman–Crippen LogP) is 4.56. The fourth-order valence-electron chi connectivity index (χ4n) is 4.01. The number of aliphatic hydroxyl groups is 1. The molecule has 1 saturated heterocycles. The van der Waals surface area contributed by atoms with Crippen molar-refractivity contribution in [3.8, 4) is 11.4 Å². The topological polar surface area (TPSA) is 145 Å². The van der Waals surface area contributed by atoms with Crippen LogP contribution in [-0.2, 0) is 9.36 Å². The average molecular weight is 578 g/mol. The summed E-state index contributed by atoms with van der Waals surface area (Å²) in [6, 6.07) is 12.1. The highest BCUT2D eigenvalue weighted by Gasteiger charge is 2.28. The number of nitrogens with zero attached hydrogens (tertiary/aromatic N) is 3. The van der Waals surface area contributed by atoms with Gasteiger partial charge in [-0.25, -0.2) is 13.9 Å². The van der Waals surface area contributed by atoms with E-state index in [1.807, 2.05) is 60.7 Å². The molecule has 2 heterocycles. The molecular weight excluding hydrogens is 540 g/mol. The Labute approximate surface area is 233 Å². The van der Waals surface area contributed by atoms with Gasteiger partial charge < -0.3 is 34.0 Å². The number of methoxy groups -OCH3 is 1. The Bertz CT molecular complexity index is 1310. The third kappa shape index (κ3) is 10.3. The summed E-state index contributed by atoms with van der Waals surface area (Å²) in [5, 5.41) is 7.88. The van der Waals surface area contributed by atoms with Crippen LogP contribution in [-0.4, -0.2) is 60.4 Å². The standard InChI is InChI=1S/C25H26FN3O2.C3H8O.H3O4P/c1-17-15-28(16-27-17)23-11-6-19(14-24(23)31-3)13-21-5-4-12-29(25(21)30)18(2)20-7-9-22(26)10-8-20;1-2-3-4;1-5(2,3)4/h6-11,13-16,18H,4-5,12H2,1-3H3;4H,2-3H2,1H3;(H3,1,2,3,4)/t18-;;/m0../s1. The van der Waals surface area contributed by atoms with Gasteiger partial charge in [-0.2, -0.15) is 0 Å². The Morgan fingerprint density at radius 1 is 1.18 bits per heavy atom. The smallest absolute Gasteiger partial charge is 0.466 e. The number of amides is 1. The number of benzene rings is 2. The van der Waals surface area contributed by atoms with Gasteiger partial charge in [0.25, 0.3) is 0 Å². The Hall–Kier alpha value is -3.34. The predicted molar refractivity (Wildman–Crippen MR) is 150 cm³/mol. The maximum Gasteiger partial charge on any atom is 0.466 e. The van der Waals surface area contributed by atoms with Gasteiger partial charge in [-0.15, -0.1) is 0 Å². The van der Waals surface area contributed by atoms with E-state index in [1.54, 1.807) is 25.6 Å². The Morgan fingerprint density at radius 2 is 1.80 bits per heavy atom. The molecular formula is C28H37FN3O7P. The van der Waals surface area contributed by atoms with Crippen LogP contribution in [0.15, 0.2) is 60.6 Å². The molecule has 1 aliphatic rings. The summed E-state index contributed by atoms with van der Waals surface area (Å²) < 4.78 is 29.7. The first kappa shape index (κ1) is 32.9. The van der Waals surface area contributed by atoms with Crippen LogP contribution in [0.1, 0.15) is 56.0 Å². The molecule has 1 amide bonds. The molecule has 1 fully saturated rings. The molecule has 0 spiro atoms. The van der Waals surface area contributed by atoms with E-state index in [9.17, 15) is 9.18 Å². The largest absolute Gasteiger partial charge is 0.495 e. The lowest BCUT2D eigenvalue weighted by Gasteiger charge is -2.34. The van der Waals surface area contributed by atoms with Gasteiger partial charge in [0.05, 0.1) is 30.9 Å². The van der Waals surface area contributed by atoms with Crippen molar-refractivity contribution in [1.29, 1.82) is 0 Å². The maximum absolute atomic E-state index is 13.3. The number of aryl methyl sites for hydroxylation is 1. The first-order valence-corrected chi connectivity index (χ1v) is 14.3. The van der Waals surface area contributed by atoms with Gasteiger partial charge in [0, 0.05) is 24.9 Å². The van der Waals surface area contributed by atoms with Crippen molar-refractivity contribution in [2.24, 2.45) is 0 Å². The van der Waals surface area contributed by atoms with Crippen LogP contribution < -0.4 is 4.74 Å². The normalized spacial score (nSPS) is 15.1. The molecule has 12 heteroatoms. The molecule has 10 nitrogen and oxygen atoms in total. The first-order valence-electron chi connectivity index (χ1n) is 12.7. The number of aliphatic hydroxyl groups excluding tert-OH is 1. The summed E-state index contributed by atoms with van der Waals surface area (Å²) in [5.41, 5.74) is 4.44. The number of phosphoric acid groups is 1. The number of hydrogen-bond acceptors (Lipinski definition) is 5. The molecule has 0 unspecified atom stereocenters. The van der Waals surface area contributed by atoms with E-state index in [0.717, 1.165) is 47.3 Å². The number of carbonyl (C=O) groups is 1. The van der Waals surface area contributed by atoms with Crippen molar-refractivity contribution < 1.29 is 38.3 Å². The number of hydrogen-bond donors (Lipinski definition) is 4. The highest BCUT2D eigenvalue weighted by Crippen LogP contribution is 2.30. The highest BCUT2D eigenvalue weighted by molar-refractivity contribution is 7.45. The third-order valence-corrected chi connectivity index (χ3v) is 5.96. The molecule has 0 saturated carbocycles. The van der Waals surface area contributed by atoms with Gasteiger partial charge in [-0.1, -0.05) is 25.1 Å². The zero-order valence-electron chi connectivity index (χ0n) is 23.1. The SMILES string of the molecule is CCCO.COc1cc(C=C2CCCN([C@@H](C)c3ccc(F)cc3)C2=O)ccc1-n1cnc(C)c1.O=P(O)(O)O. The Morgan fingerprint density at radius 3 is 2.33 bits per heavy atom. The van der Waals surface area contributed by atoms with Gasteiger partial charge in [0.1, 0.15) is 11.6 Å². The molecule has 4 N–H and O–H groups in total. The number of rotatable bonds is 6. The average Bonchev–Trinajstić information content (AvgIpc) is 3.35. The summed E-state index contributed by atoms with van der Waals surface area (Å²) in [5.74, 6) is 0.465. The van der Waals surface area contributed by atoms with Crippen LogP contribution >= 0.6 is 7.82 Å². The first-order chi connectivity index (χ1) is 18.9. The molecule has 0 radical (unpaired) electrons. The van der Waals surface area contributed by atoms with E-state index < -0.39 is 7.82 Å². The van der Waals surface area contributed by atoms with E-state index >= 15 is 0 Å². The zero-order chi connectivity index (χ0) is 29.9. The quantitative estimate of drug-likeness (QED) is 0.247. The number of ether oxygens (including phenoxy) is 1. The number of likely N-dealkylation sites (tertiary alicyclic amines) is 1. The van der Waals surface area contributed by atoms with Gasteiger partial charge in [-0.3, -0.25) is 4.79 Å². The molecule has 0 aliphatic carbocycles. The number of imidazole rings is 1. The van der Waals surface area contributed by atoms with Crippen molar-refractivity contribution in [3.63, 3.8) is 0 Å². The van der Waals surface area contributed by atoms with Gasteiger partial charge in [0.2, 0.25) is 5.91 Å². The van der Waals surface area contributed by atoms with E-state index in [2.05, 4.69) is 4.98 Å². The van der Waals surface area contributed by atoms with Gasteiger partial charge >= 0.3 is 7.82 Å². The van der Waals surface area contributed by atoms with Crippen LogP contribution in [0.25, 0.3) is 11.8 Å². The number of aromatic nitrogens is 2. The lowest BCUT2D eigenvalue weighted by Crippen LogP contribution is -2.38. The van der Waals surface area contributed by atoms with Crippen LogP contribution in [0.2, 0.25) is 0 Å². The fourth-order valence-corrected chi connectivity index (χ4v) is 4.01. The second-order valence-electron chi connectivity index (χ2n) is 9.09. The van der Waals surface area contributed by atoms with E-state index in [-0.39, 0.29) is 17.8 Å². The van der Waals surface area contributed by atoms with E-state index in [1.165, 1.54) is 12.1 Å². The Kier molecular flexibility index (Phi) is 12.7. The number of piperidine rings is 1. The molecule has 218 valence electrons. The minimum atomic E-state index is -4.64. The summed E-state index contributed by atoms with van der Waals surface area (Å²) in [4.78, 5) is 40.9. The molecule has 1 aliphatic heterocycles. The highest BCUT2D eigenvalue weighted by atomic mass is 31.2. The van der Waals surface area contributed by atoms with Crippen molar-refractivity contribution in [3.05, 3.63) is 83.2 Å². The number of halogens is 1. The minimum Gasteiger partial charge on any atom is -0.495 e. The van der Waals surface area contributed by atoms with Gasteiger partial charge in [0.15, 0.2) is 0 Å². The van der Waals surface area contributed by atoms with Crippen LogP contribution in [0.4, 0.5) is 4.39 Å². The van der Waals surface area contributed by atoms with Crippen molar-refractivity contribution in [1.82, 2.24) is 14.5 Å². The van der Waals surface area contributed by atoms with Crippen molar-refractivity contribution in [2.45, 2.75) is 46.1 Å². The minimum absolute atomic E-state index is 0.0244. The summed E-state index contributed by atoms with van der Waals surface area (Å²) in [7, 11) is -3.00. The third-order valence-electron chi connectivity index (χ3n) is 5.96. The van der Waals surface area contributed by atoms with E-state index in [4.69, 9.17) is 29.1 Å². The second-order valence-corrected chi connectivity index (χ2v) is 10.1. The van der Waals surface area contributed by atoms with Crippen LogP contribution in [0.3, 0.4) is 0 Å². The maximum atomic E-state index is 13.3. The molecule has 4 rings (SSSR count). The van der Waals surface area contributed by atoms with Crippen molar-refractivity contribution in [2.75, 3.05) is 20.3 Å². The molecule has 40 heavy (non-hydrogen) atoms. The molecule has 1 atom stereocenters. The molecule has 0 bridgehead atoms. The molecule has 1 aromatic heterocycles. The fraction of sp³-hybridized carbons (Fsp3) is 0.357. The zero-order valence-corrected chi connectivity index (χ0v) is 24.0. The van der Waals surface area contributed by atoms with E-state index in [0.29, 0.717) is 18.9 Å². The summed E-state index contributed by atoms with van der Waals surface area (Å²) in [6.45, 7) is 6.87. The van der Waals surface area contributed by atoms with Crippen LogP contribution in [0.5, 0.6) is 5.75 Å². The molecule has 3 aromatic rings. The summed E-state index contributed by atoms with van der Waals surface area (Å²) >= 11 is 0. The lowest BCUT2D eigenvalue weighted by atomic mass is 9.97. The van der Waals surface area contributed by atoms with Crippen molar-refractivity contribution >= 4 is 19.8 Å². The number of carbonyl (C=O) groups excluding carboxylic acids is 1. The monoisotopic (exact) mass is 577 g/mol. The summed E-state index contributed by atoms with van der Waals surface area (Å²) in [6.07, 6.45) is 8.14.